The largest absolute Gasteiger partial charge is 0.496 e. The lowest BCUT2D eigenvalue weighted by Crippen LogP contribution is -2.42. The Hall–Kier alpha value is -2.82. The first-order chi connectivity index (χ1) is 10.6. The molecular formula is C17H18N2O3. The maximum absolute atomic E-state index is 12.0. The lowest BCUT2D eigenvalue weighted by molar-refractivity contribution is -0.121. The van der Waals surface area contributed by atoms with Crippen LogP contribution in [0, 0.1) is 6.92 Å². The van der Waals surface area contributed by atoms with Crippen LogP contribution in [-0.2, 0) is 11.2 Å². The number of ether oxygens (including phenoxy) is 1. The second-order valence-electron chi connectivity index (χ2n) is 4.81. The zero-order valence-electron chi connectivity index (χ0n) is 12.6. The Morgan fingerprint density at radius 3 is 2.41 bits per heavy atom. The summed E-state index contributed by atoms with van der Waals surface area (Å²) in [7, 11) is 1.49. The van der Waals surface area contributed by atoms with Crippen LogP contribution in [0.3, 0.4) is 0 Å². The highest BCUT2D eigenvalue weighted by Gasteiger charge is 2.12. The number of aryl methyl sites for hydroxylation is 1. The number of methoxy groups -OCH3 is 1. The van der Waals surface area contributed by atoms with Crippen molar-refractivity contribution in [1.29, 1.82) is 0 Å². The first-order valence-electron chi connectivity index (χ1n) is 6.88. The summed E-state index contributed by atoms with van der Waals surface area (Å²) in [5.41, 5.74) is 7.13. The van der Waals surface area contributed by atoms with Gasteiger partial charge in [0.15, 0.2) is 0 Å². The summed E-state index contributed by atoms with van der Waals surface area (Å²) in [5, 5.41) is 0. The summed E-state index contributed by atoms with van der Waals surface area (Å²) < 4.78 is 5.11. The van der Waals surface area contributed by atoms with Gasteiger partial charge >= 0.3 is 0 Å². The quantitative estimate of drug-likeness (QED) is 0.848. The van der Waals surface area contributed by atoms with Gasteiger partial charge in [-0.1, -0.05) is 36.4 Å². The van der Waals surface area contributed by atoms with Crippen molar-refractivity contribution in [3.63, 3.8) is 0 Å². The van der Waals surface area contributed by atoms with Crippen molar-refractivity contribution in [3.8, 4) is 5.75 Å². The predicted molar refractivity (Wildman–Crippen MR) is 83.5 cm³/mol. The zero-order valence-corrected chi connectivity index (χ0v) is 12.6. The molecule has 2 rings (SSSR count). The SMILES string of the molecule is COc1ccccc1C(=O)NNC(=O)Cc1ccccc1C. The average Bonchev–Trinajstić information content (AvgIpc) is 2.54. The number of rotatable bonds is 4. The van der Waals surface area contributed by atoms with Gasteiger partial charge < -0.3 is 4.74 Å². The third-order valence-electron chi connectivity index (χ3n) is 3.28. The first-order valence-corrected chi connectivity index (χ1v) is 6.88. The van der Waals surface area contributed by atoms with Gasteiger partial charge in [-0.05, 0) is 30.2 Å². The standard InChI is InChI=1S/C17H18N2O3/c1-12-7-3-4-8-13(12)11-16(20)18-19-17(21)14-9-5-6-10-15(14)22-2/h3-10H,11H2,1-2H3,(H,18,20)(H,19,21). The van der Waals surface area contributed by atoms with Gasteiger partial charge in [0.1, 0.15) is 5.75 Å². The van der Waals surface area contributed by atoms with E-state index in [9.17, 15) is 9.59 Å². The lowest BCUT2D eigenvalue weighted by Gasteiger charge is -2.10. The van der Waals surface area contributed by atoms with Crippen LogP contribution in [0.4, 0.5) is 0 Å². The number of amides is 2. The molecule has 0 heterocycles. The van der Waals surface area contributed by atoms with Gasteiger partial charge in [0, 0.05) is 0 Å². The number of carbonyl (C=O) groups excluding carboxylic acids is 2. The molecule has 114 valence electrons. The van der Waals surface area contributed by atoms with Crippen LogP contribution >= 0.6 is 0 Å². The van der Waals surface area contributed by atoms with Crippen LogP contribution in [0.25, 0.3) is 0 Å². The molecule has 2 N–H and O–H groups in total. The van der Waals surface area contributed by atoms with E-state index in [2.05, 4.69) is 10.9 Å². The molecule has 2 amide bonds. The number of nitrogens with one attached hydrogen (secondary N) is 2. The summed E-state index contributed by atoms with van der Waals surface area (Å²) in [4.78, 5) is 23.9. The molecule has 0 saturated heterocycles. The van der Waals surface area contributed by atoms with Crippen LogP contribution in [0.5, 0.6) is 5.75 Å². The number of hydrogen-bond donors (Lipinski definition) is 2. The summed E-state index contributed by atoms with van der Waals surface area (Å²) >= 11 is 0. The number of hydrazine groups is 1. The van der Waals surface area contributed by atoms with E-state index in [1.54, 1.807) is 24.3 Å². The minimum atomic E-state index is -0.421. The van der Waals surface area contributed by atoms with Crippen LogP contribution in [0.1, 0.15) is 21.5 Å². The molecule has 0 unspecified atom stereocenters. The fourth-order valence-corrected chi connectivity index (χ4v) is 2.05. The molecule has 2 aromatic carbocycles. The van der Waals surface area contributed by atoms with Crippen molar-refractivity contribution in [3.05, 3.63) is 65.2 Å². The molecule has 0 aliphatic heterocycles. The second kappa shape index (κ2) is 7.26. The van der Waals surface area contributed by atoms with Crippen molar-refractivity contribution >= 4 is 11.8 Å². The summed E-state index contributed by atoms with van der Waals surface area (Å²) in [6, 6.07) is 14.4. The summed E-state index contributed by atoms with van der Waals surface area (Å²) in [6.45, 7) is 1.94. The number of hydrogen-bond acceptors (Lipinski definition) is 3. The molecule has 0 saturated carbocycles. The van der Waals surface area contributed by atoms with E-state index >= 15 is 0 Å². The molecule has 0 aliphatic carbocycles. The van der Waals surface area contributed by atoms with E-state index in [4.69, 9.17) is 4.74 Å². The molecule has 22 heavy (non-hydrogen) atoms. The van der Waals surface area contributed by atoms with E-state index in [0.717, 1.165) is 11.1 Å². The normalized spacial score (nSPS) is 9.91. The molecule has 0 spiro atoms. The molecular weight excluding hydrogens is 280 g/mol. The third-order valence-corrected chi connectivity index (χ3v) is 3.28. The van der Waals surface area contributed by atoms with Gasteiger partial charge in [-0.2, -0.15) is 0 Å². The fraction of sp³-hybridized carbons (Fsp3) is 0.176. The molecule has 5 nitrogen and oxygen atoms in total. The monoisotopic (exact) mass is 298 g/mol. The fourth-order valence-electron chi connectivity index (χ4n) is 2.05. The number of carbonyl (C=O) groups is 2. The van der Waals surface area contributed by atoms with E-state index < -0.39 is 5.91 Å². The van der Waals surface area contributed by atoms with E-state index in [1.165, 1.54) is 7.11 Å². The Labute approximate surface area is 129 Å². The van der Waals surface area contributed by atoms with Gasteiger partial charge in [-0.25, -0.2) is 0 Å². The van der Waals surface area contributed by atoms with E-state index in [1.807, 2.05) is 31.2 Å². The second-order valence-corrected chi connectivity index (χ2v) is 4.81. The van der Waals surface area contributed by atoms with Gasteiger partial charge in [-0.15, -0.1) is 0 Å². The maximum atomic E-state index is 12.0. The van der Waals surface area contributed by atoms with E-state index in [-0.39, 0.29) is 12.3 Å². The Bertz CT molecular complexity index is 683. The topological polar surface area (TPSA) is 67.4 Å². The third kappa shape index (κ3) is 3.85. The summed E-state index contributed by atoms with van der Waals surface area (Å²) in [6.07, 6.45) is 0.207. The Morgan fingerprint density at radius 2 is 1.68 bits per heavy atom. The van der Waals surface area contributed by atoms with Crippen molar-refractivity contribution in [1.82, 2.24) is 10.9 Å². The van der Waals surface area contributed by atoms with Crippen molar-refractivity contribution in [2.45, 2.75) is 13.3 Å². The Balaban J connectivity index is 1.94. The molecule has 0 bridgehead atoms. The average molecular weight is 298 g/mol. The minimum absolute atomic E-state index is 0.207. The van der Waals surface area contributed by atoms with E-state index in [0.29, 0.717) is 11.3 Å². The Morgan fingerprint density at radius 1 is 1.00 bits per heavy atom. The molecule has 0 aliphatic rings. The number of benzene rings is 2. The molecule has 0 radical (unpaired) electrons. The van der Waals surface area contributed by atoms with Gasteiger partial charge in [0.2, 0.25) is 5.91 Å². The molecule has 0 aromatic heterocycles. The van der Waals surface area contributed by atoms with Crippen LogP contribution in [0.15, 0.2) is 48.5 Å². The lowest BCUT2D eigenvalue weighted by atomic mass is 10.1. The van der Waals surface area contributed by atoms with Gasteiger partial charge in [-0.3, -0.25) is 20.4 Å². The minimum Gasteiger partial charge on any atom is -0.496 e. The van der Waals surface area contributed by atoms with Crippen LogP contribution in [-0.4, -0.2) is 18.9 Å². The highest BCUT2D eigenvalue weighted by molar-refractivity contribution is 5.97. The highest BCUT2D eigenvalue weighted by atomic mass is 16.5. The number of para-hydroxylation sites is 1. The predicted octanol–water partition coefficient (Wildman–Crippen LogP) is 2.01. The molecule has 2 aromatic rings. The summed E-state index contributed by atoms with van der Waals surface area (Å²) in [5.74, 6) is -0.249. The zero-order chi connectivity index (χ0) is 15.9. The first kappa shape index (κ1) is 15.6. The van der Waals surface area contributed by atoms with Crippen LogP contribution < -0.4 is 15.6 Å². The van der Waals surface area contributed by atoms with Crippen molar-refractivity contribution in [2.24, 2.45) is 0 Å². The molecule has 0 fully saturated rings. The smallest absolute Gasteiger partial charge is 0.273 e. The van der Waals surface area contributed by atoms with Crippen molar-refractivity contribution < 1.29 is 14.3 Å². The van der Waals surface area contributed by atoms with Crippen molar-refractivity contribution in [2.75, 3.05) is 7.11 Å². The van der Waals surface area contributed by atoms with Gasteiger partial charge in [0.05, 0.1) is 19.1 Å². The molecule has 0 atom stereocenters. The maximum Gasteiger partial charge on any atom is 0.273 e. The molecule has 5 heteroatoms. The highest BCUT2D eigenvalue weighted by Crippen LogP contribution is 2.16. The van der Waals surface area contributed by atoms with Gasteiger partial charge in [0.25, 0.3) is 5.91 Å². The Kier molecular flexibility index (Phi) is 5.14. The van der Waals surface area contributed by atoms with Crippen LogP contribution in [0.2, 0.25) is 0 Å².